The molecule has 2 atom stereocenters. The molecule has 2 rings (SSSR count). The summed E-state index contributed by atoms with van der Waals surface area (Å²) in [4.78, 5) is 0. The fraction of sp³-hybridized carbons (Fsp3) is 0.538. The van der Waals surface area contributed by atoms with E-state index in [-0.39, 0.29) is 17.7 Å². The third-order valence-electron chi connectivity index (χ3n) is 3.18. The molecular formula is C13H13F6NS. The number of rotatable bonds is 1. The highest BCUT2D eigenvalue weighted by Crippen LogP contribution is 2.40. The van der Waals surface area contributed by atoms with Crippen molar-refractivity contribution in [2.45, 2.75) is 37.1 Å². The van der Waals surface area contributed by atoms with Gasteiger partial charge in [-0.2, -0.15) is 26.3 Å². The molecule has 1 aliphatic heterocycles. The molecule has 2 unspecified atom stereocenters. The maximum absolute atomic E-state index is 12.8. The molecule has 0 saturated carbocycles. The van der Waals surface area contributed by atoms with E-state index >= 15 is 0 Å². The largest absolute Gasteiger partial charge is 0.416 e. The minimum atomic E-state index is -4.80. The van der Waals surface area contributed by atoms with Gasteiger partial charge in [0.1, 0.15) is 0 Å². The van der Waals surface area contributed by atoms with E-state index in [2.05, 4.69) is 5.32 Å². The van der Waals surface area contributed by atoms with Gasteiger partial charge in [-0.3, -0.25) is 5.32 Å². The summed E-state index contributed by atoms with van der Waals surface area (Å²) in [6, 6.07) is 1.79. The van der Waals surface area contributed by atoms with Gasteiger partial charge in [0.2, 0.25) is 0 Å². The first-order valence-electron chi connectivity index (χ1n) is 6.24. The predicted molar refractivity (Wildman–Crippen MR) is 68.9 cm³/mol. The topological polar surface area (TPSA) is 12.0 Å². The van der Waals surface area contributed by atoms with Crippen LogP contribution in [0.2, 0.25) is 0 Å². The van der Waals surface area contributed by atoms with Gasteiger partial charge in [-0.15, -0.1) is 11.8 Å². The second kappa shape index (κ2) is 5.72. The highest BCUT2D eigenvalue weighted by molar-refractivity contribution is 7.99. The van der Waals surface area contributed by atoms with Crippen molar-refractivity contribution in [2.24, 2.45) is 0 Å². The molecule has 0 radical (unpaired) electrons. The summed E-state index contributed by atoms with van der Waals surface area (Å²) in [5, 5.41) is 2.46. The SMILES string of the molecule is CC1CCSC(c2cc(C(F)(F)F)cc(C(F)(F)F)c2)N1. The van der Waals surface area contributed by atoms with Crippen molar-refractivity contribution >= 4 is 11.8 Å². The van der Waals surface area contributed by atoms with Gasteiger partial charge >= 0.3 is 12.4 Å². The van der Waals surface area contributed by atoms with Crippen LogP contribution in [0.15, 0.2) is 18.2 Å². The molecule has 118 valence electrons. The smallest absolute Gasteiger partial charge is 0.299 e. The summed E-state index contributed by atoms with van der Waals surface area (Å²) in [6.07, 6.45) is -8.78. The number of nitrogens with one attached hydrogen (secondary N) is 1. The molecule has 1 N–H and O–H groups in total. The molecule has 0 spiro atoms. The van der Waals surface area contributed by atoms with Crippen LogP contribution in [-0.2, 0) is 12.4 Å². The Morgan fingerprint density at radius 3 is 1.95 bits per heavy atom. The third-order valence-corrected chi connectivity index (χ3v) is 4.40. The van der Waals surface area contributed by atoms with Gasteiger partial charge in [0.05, 0.1) is 16.5 Å². The molecule has 1 aromatic carbocycles. The molecule has 0 amide bonds. The van der Waals surface area contributed by atoms with Crippen LogP contribution in [0, 0.1) is 0 Å². The van der Waals surface area contributed by atoms with Gasteiger partial charge in [0.25, 0.3) is 0 Å². The average Bonchev–Trinajstić information content (AvgIpc) is 2.36. The molecule has 1 heterocycles. The number of hydrogen-bond acceptors (Lipinski definition) is 2. The average molecular weight is 329 g/mol. The Morgan fingerprint density at radius 2 is 1.52 bits per heavy atom. The third kappa shape index (κ3) is 4.06. The van der Waals surface area contributed by atoms with Crippen molar-refractivity contribution in [1.29, 1.82) is 0 Å². The van der Waals surface area contributed by atoms with Crippen LogP contribution < -0.4 is 5.32 Å². The minimum absolute atomic E-state index is 0.00806. The Kier molecular flexibility index (Phi) is 4.49. The van der Waals surface area contributed by atoms with Gasteiger partial charge < -0.3 is 0 Å². The standard InChI is InChI=1S/C13H13F6NS/c1-7-2-3-21-11(20-7)8-4-9(12(14,15)16)6-10(5-8)13(17,18)19/h4-7,11,20H,2-3H2,1H3. The monoisotopic (exact) mass is 329 g/mol. The number of hydrogen-bond donors (Lipinski definition) is 1. The van der Waals surface area contributed by atoms with E-state index in [1.165, 1.54) is 11.8 Å². The lowest BCUT2D eigenvalue weighted by Gasteiger charge is -2.29. The summed E-state index contributed by atoms with van der Waals surface area (Å²) in [5.74, 6) is 0.691. The highest BCUT2D eigenvalue weighted by Gasteiger charge is 2.37. The maximum atomic E-state index is 12.8. The molecule has 21 heavy (non-hydrogen) atoms. The van der Waals surface area contributed by atoms with Gasteiger partial charge in [0.15, 0.2) is 0 Å². The van der Waals surface area contributed by atoms with Crippen molar-refractivity contribution in [1.82, 2.24) is 5.32 Å². The minimum Gasteiger partial charge on any atom is -0.299 e. The van der Waals surface area contributed by atoms with E-state index in [1.807, 2.05) is 6.92 Å². The molecule has 0 aliphatic carbocycles. The van der Waals surface area contributed by atoms with Crippen molar-refractivity contribution in [2.75, 3.05) is 5.75 Å². The van der Waals surface area contributed by atoms with Crippen LogP contribution >= 0.6 is 11.8 Å². The lowest BCUT2D eigenvalue weighted by atomic mass is 10.0. The second-order valence-electron chi connectivity index (χ2n) is 4.95. The Bertz CT molecular complexity index is 478. The van der Waals surface area contributed by atoms with Crippen LogP contribution in [0.25, 0.3) is 0 Å². The zero-order chi connectivity index (χ0) is 15.8. The molecule has 1 nitrogen and oxygen atoms in total. The van der Waals surface area contributed by atoms with E-state index < -0.39 is 28.9 Å². The van der Waals surface area contributed by atoms with Crippen LogP contribution in [0.1, 0.15) is 35.4 Å². The van der Waals surface area contributed by atoms with E-state index in [1.54, 1.807) is 0 Å². The first-order valence-corrected chi connectivity index (χ1v) is 7.29. The zero-order valence-corrected chi connectivity index (χ0v) is 11.8. The molecule has 1 aromatic rings. The fourth-order valence-corrected chi connectivity index (χ4v) is 3.46. The predicted octanol–water partition coefficient (Wildman–Crippen LogP) is 4.84. The molecule has 1 fully saturated rings. The quantitative estimate of drug-likeness (QED) is 0.740. The highest BCUT2D eigenvalue weighted by atomic mass is 32.2. The fourth-order valence-electron chi connectivity index (χ4n) is 2.08. The first kappa shape index (κ1) is 16.5. The Hall–Kier alpha value is -0.890. The Balaban J connectivity index is 2.45. The molecule has 1 saturated heterocycles. The van der Waals surface area contributed by atoms with Crippen LogP contribution in [0.5, 0.6) is 0 Å². The van der Waals surface area contributed by atoms with Crippen molar-refractivity contribution in [3.63, 3.8) is 0 Å². The van der Waals surface area contributed by atoms with Crippen molar-refractivity contribution in [3.8, 4) is 0 Å². The second-order valence-corrected chi connectivity index (χ2v) is 6.16. The Morgan fingerprint density at radius 1 is 1.00 bits per heavy atom. The molecule has 8 heteroatoms. The van der Waals surface area contributed by atoms with Gasteiger partial charge in [-0.25, -0.2) is 0 Å². The van der Waals surface area contributed by atoms with Crippen LogP contribution in [-0.4, -0.2) is 11.8 Å². The maximum Gasteiger partial charge on any atom is 0.416 e. The van der Waals surface area contributed by atoms with Gasteiger partial charge in [-0.1, -0.05) is 0 Å². The summed E-state index contributed by atoms with van der Waals surface area (Å²) < 4.78 is 76.7. The summed E-state index contributed by atoms with van der Waals surface area (Å²) >= 11 is 1.31. The lowest BCUT2D eigenvalue weighted by molar-refractivity contribution is -0.143. The summed E-state index contributed by atoms with van der Waals surface area (Å²) in [7, 11) is 0. The van der Waals surface area contributed by atoms with E-state index in [4.69, 9.17) is 0 Å². The van der Waals surface area contributed by atoms with Crippen LogP contribution in [0.3, 0.4) is 0 Å². The molecule has 0 bridgehead atoms. The molecule has 0 aromatic heterocycles. The number of halogens is 6. The zero-order valence-electron chi connectivity index (χ0n) is 11.0. The van der Waals surface area contributed by atoms with Crippen molar-refractivity contribution in [3.05, 3.63) is 34.9 Å². The number of benzene rings is 1. The normalized spacial score (nSPS) is 24.1. The Labute approximate surface area is 122 Å². The first-order chi connectivity index (χ1) is 9.57. The van der Waals surface area contributed by atoms with Gasteiger partial charge in [0, 0.05) is 6.04 Å². The van der Waals surface area contributed by atoms with Crippen molar-refractivity contribution < 1.29 is 26.3 Å². The lowest BCUT2D eigenvalue weighted by Crippen LogP contribution is -2.33. The molecular weight excluding hydrogens is 316 g/mol. The van der Waals surface area contributed by atoms with E-state index in [9.17, 15) is 26.3 Å². The van der Waals surface area contributed by atoms with Gasteiger partial charge in [-0.05, 0) is 42.9 Å². The summed E-state index contributed by atoms with van der Waals surface area (Å²) in [5.41, 5.74) is -2.53. The van der Waals surface area contributed by atoms with E-state index in [0.717, 1.165) is 18.6 Å². The summed E-state index contributed by atoms with van der Waals surface area (Å²) in [6.45, 7) is 1.85. The molecule has 1 aliphatic rings. The number of alkyl halides is 6. The van der Waals surface area contributed by atoms with E-state index in [0.29, 0.717) is 5.75 Å². The van der Waals surface area contributed by atoms with Crippen LogP contribution in [0.4, 0.5) is 26.3 Å². The number of thioether (sulfide) groups is 1.